The average molecular weight is 461 g/mol. The third-order valence-corrected chi connectivity index (χ3v) is 6.06. The fourth-order valence-corrected chi connectivity index (χ4v) is 4.05. The first-order valence-corrected chi connectivity index (χ1v) is 10.4. The summed E-state index contributed by atoms with van der Waals surface area (Å²) in [6.45, 7) is 2.94. The topological polar surface area (TPSA) is 81.2 Å². The Balaban J connectivity index is 1.63. The molecular formula is C22H19Cl2FN4O2. The van der Waals surface area contributed by atoms with Gasteiger partial charge >= 0.3 is 0 Å². The number of benzene rings is 2. The molecule has 0 radical (unpaired) electrons. The summed E-state index contributed by atoms with van der Waals surface area (Å²) in [4.78, 5) is 26.8. The van der Waals surface area contributed by atoms with Crippen LogP contribution in [0.1, 0.15) is 27.2 Å². The lowest BCUT2D eigenvalue weighted by Gasteiger charge is -2.28. The summed E-state index contributed by atoms with van der Waals surface area (Å²) in [5, 5.41) is 5.03. The number of rotatable bonds is 4. The van der Waals surface area contributed by atoms with Crippen LogP contribution in [0.5, 0.6) is 0 Å². The Kier molecular flexibility index (Phi) is 5.73. The normalized spacial score (nSPS) is 13.2. The lowest BCUT2D eigenvalue weighted by Crippen LogP contribution is -2.40. The molecule has 4 rings (SSSR count). The van der Waals surface area contributed by atoms with Gasteiger partial charge in [-0.15, -0.1) is 0 Å². The molecule has 0 aliphatic carbocycles. The molecule has 2 amide bonds. The minimum absolute atomic E-state index is 0.0764. The van der Waals surface area contributed by atoms with E-state index in [1.54, 1.807) is 15.6 Å². The van der Waals surface area contributed by atoms with Crippen molar-refractivity contribution in [3.05, 3.63) is 74.6 Å². The molecule has 1 aromatic heterocycles. The summed E-state index contributed by atoms with van der Waals surface area (Å²) < 4.78 is 15.2. The molecule has 0 saturated heterocycles. The first-order chi connectivity index (χ1) is 14.7. The molecule has 1 aliphatic heterocycles. The molecule has 3 aromatic rings. The number of primary amides is 1. The number of aryl methyl sites for hydroxylation is 1. The predicted octanol–water partition coefficient (Wildman–Crippen LogP) is 3.99. The fraction of sp³-hybridized carbons (Fsp3) is 0.227. The highest BCUT2D eigenvalue weighted by atomic mass is 35.5. The number of carbonyl (C=O) groups excluding carboxylic acids is 2. The fourth-order valence-electron chi connectivity index (χ4n) is 3.67. The zero-order chi connectivity index (χ0) is 22.3. The molecule has 0 unspecified atom stereocenters. The Morgan fingerprint density at radius 2 is 1.90 bits per heavy atom. The van der Waals surface area contributed by atoms with Crippen molar-refractivity contribution in [1.29, 1.82) is 0 Å². The zero-order valence-corrected chi connectivity index (χ0v) is 18.2. The van der Waals surface area contributed by atoms with Gasteiger partial charge in [0, 0.05) is 17.1 Å². The van der Waals surface area contributed by atoms with Crippen LogP contribution in [0.25, 0.3) is 11.3 Å². The molecule has 160 valence electrons. The molecule has 0 atom stereocenters. The van der Waals surface area contributed by atoms with Gasteiger partial charge in [-0.05, 0) is 42.3 Å². The van der Waals surface area contributed by atoms with E-state index in [1.165, 1.54) is 18.2 Å². The SMILES string of the molecule is Cc1ccc(CC(=O)N2CCn3nc(-c4ccc(F)c(Cl)c4)c(C(N)=O)c3C2)cc1Cl. The van der Waals surface area contributed by atoms with Gasteiger partial charge in [0.25, 0.3) is 5.91 Å². The van der Waals surface area contributed by atoms with E-state index in [1.807, 2.05) is 19.1 Å². The maximum atomic E-state index is 13.6. The van der Waals surface area contributed by atoms with E-state index >= 15 is 0 Å². The third-order valence-electron chi connectivity index (χ3n) is 5.36. The van der Waals surface area contributed by atoms with Gasteiger partial charge in [0.15, 0.2) is 0 Å². The summed E-state index contributed by atoms with van der Waals surface area (Å²) in [5.41, 5.74) is 8.96. The number of hydrogen-bond acceptors (Lipinski definition) is 3. The van der Waals surface area contributed by atoms with E-state index in [9.17, 15) is 14.0 Å². The van der Waals surface area contributed by atoms with Crippen LogP contribution >= 0.6 is 23.2 Å². The summed E-state index contributed by atoms with van der Waals surface area (Å²) in [5.74, 6) is -1.33. The molecule has 0 spiro atoms. The lowest BCUT2D eigenvalue weighted by atomic mass is 10.0. The van der Waals surface area contributed by atoms with Crippen molar-refractivity contribution in [1.82, 2.24) is 14.7 Å². The summed E-state index contributed by atoms with van der Waals surface area (Å²) >= 11 is 12.1. The number of fused-ring (bicyclic) bond motifs is 1. The first kappa shape index (κ1) is 21.3. The second kappa shape index (κ2) is 8.32. The van der Waals surface area contributed by atoms with Gasteiger partial charge in [-0.25, -0.2) is 4.39 Å². The van der Waals surface area contributed by atoms with E-state index in [0.717, 1.165) is 11.1 Å². The van der Waals surface area contributed by atoms with E-state index < -0.39 is 11.7 Å². The quantitative estimate of drug-likeness (QED) is 0.638. The van der Waals surface area contributed by atoms with Crippen molar-refractivity contribution in [2.24, 2.45) is 5.73 Å². The second-order valence-electron chi connectivity index (χ2n) is 7.46. The maximum absolute atomic E-state index is 13.6. The number of amides is 2. The van der Waals surface area contributed by atoms with Crippen LogP contribution in [0.2, 0.25) is 10.0 Å². The van der Waals surface area contributed by atoms with Gasteiger partial charge in [-0.2, -0.15) is 5.10 Å². The molecule has 1 aliphatic rings. The number of carbonyl (C=O) groups is 2. The minimum Gasteiger partial charge on any atom is -0.365 e. The second-order valence-corrected chi connectivity index (χ2v) is 8.28. The monoisotopic (exact) mass is 460 g/mol. The molecule has 9 heteroatoms. The van der Waals surface area contributed by atoms with Crippen molar-refractivity contribution in [2.45, 2.75) is 26.4 Å². The molecule has 2 N–H and O–H groups in total. The Morgan fingerprint density at radius 3 is 2.58 bits per heavy atom. The van der Waals surface area contributed by atoms with E-state index in [-0.39, 0.29) is 29.5 Å². The van der Waals surface area contributed by atoms with Gasteiger partial charge in [0.2, 0.25) is 5.91 Å². The van der Waals surface area contributed by atoms with E-state index in [0.29, 0.717) is 35.1 Å². The number of hydrogen-bond donors (Lipinski definition) is 1. The highest BCUT2D eigenvalue weighted by Gasteiger charge is 2.29. The molecule has 0 saturated carbocycles. The smallest absolute Gasteiger partial charge is 0.252 e. The zero-order valence-electron chi connectivity index (χ0n) is 16.7. The van der Waals surface area contributed by atoms with Crippen LogP contribution in [0.15, 0.2) is 36.4 Å². The van der Waals surface area contributed by atoms with Crippen molar-refractivity contribution in [3.63, 3.8) is 0 Å². The highest BCUT2D eigenvalue weighted by molar-refractivity contribution is 6.31. The number of nitrogens with two attached hydrogens (primary N) is 1. The largest absolute Gasteiger partial charge is 0.365 e. The number of halogens is 3. The van der Waals surface area contributed by atoms with Crippen molar-refractivity contribution in [2.75, 3.05) is 6.54 Å². The van der Waals surface area contributed by atoms with Gasteiger partial charge < -0.3 is 10.6 Å². The molecule has 0 bridgehead atoms. The molecular weight excluding hydrogens is 442 g/mol. The molecule has 2 heterocycles. The highest BCUT2D eigenvalue weighted by Crippen LogP contribution is 2.31. The molecule has 2 aromatic carbocycles. The Bertz CT molecular complexity index is 1210. The number of aromatic nitrogens is 2. The predicted molar refractivity (Wildman–Crippen MR) is 116 cm³/mol. The van der Waals surface area contributed by atoms with Crippen LogP contribution in [0.3, 0.4) is 0 Å². The lowest BCUT2D eigenvalue weighted by molar-refractivity contribution is -0.132. The minimum atomic E-state index is -0.670. The Morgan fingerprint density at radius 1 is 1.13 bits per heavy atom. The van der Waals surface area contributed by atoms with E-state index in [4.69, 9.17) is 28.9 Å². The van der Waals surface area contributed by atoms with Crippen LogP contribution in [0.4, 0.5) is 4.39 Å². The van der Waals surface area contributed by atoms with Crippen molar-refractivity contribution in [3.8, 4) is 11.3 Å². The van der Waals surface area contributed by atoms with Gasteiger partial charge in [0.1, 0.15) is 11.5 Å². The summed E-state index contributed by atoms with van der Waals surface area (Å²) in [7, 11) is 0. The van der Waals surface area contributed by atoms with Crippen LogP contribution in [-0.4, -0.2) is 33.0 Å². The third kappa shape index (κ3) is 4.16. The van der Waals surface area contributed by atoms with Gasteiger partial charge in [0.05, 0.1) is 35.8 Å². The van der Waals surface area contributed by atoms with Crippen molar-refractivity contribution < 1.29 is 14.0 Å². The van der Waals surface area contributed by atoms with E-state index in [2.05, 4.69) is 5.10 Å². The number of nitrogens with zero attached hydrogens (tertiary/aromatic N) is 3. The van der Waals surface area contributed by atoms with Gasteiger partial charge in [-0.1, -0.05) is 35.3 Å². The first-order valence-electron chi connectivity index (χ1n) is 9.62. The molecule has 6 nitrogen and oxygen atoms in total. The Hall–Kier alpha value is -2.90. The summed E-state index contributed by atoms with van der Waals surface area (Å²) in [6.07, 6.45) is 0.195. The Labute approximate surface area is 188 Å². The van der Waals surface area contributed by atoms with Crippen LogP contribution < -0.4 is 5.73 Å². The van der Waals surface area contributed by atoms with Crippen LogP contribution in [-0.2, 0) is 24.3 Å². The molecule has 31 heavy (non-hydrogen) atoms. The van der Waals surface area contributed by atoms with Crippen molar-refractivity contribution >= 4 is 35.0 Å². The molecule has 0 fully saturated rings. The standard InChI is InChI=1S/C22H19Cl2FN4O2/c1-12-2-3-13(8-15(12)23)9-19(30)28-6-7-29-18(11-28)20(22(26)31)21(27-29)14-4-5-17(25)16(24)10-14/h2-5,8,10H,6-7,9,11H2,1H3,(H2,26,31). The van der Waals surface area contributed by atoms with Gasteiger partial charge in [-0.3, -0.25) is 14.3 Å². The average Bonchev–Trinajstić information content (AvgIpc) is 3.11. The summed E-state index contributed by atoms with van der Waals surface area (Å²) in [6, 6.07) is 9.64. The van der Waals surface area contributed by atoms with Crippen LogP contribution in [0, 0.1) is 12.7 Å². The maximum Gasteiger partial charge on any atom is 0.252 e.